The minimum absolute atomic E-state index is 0.00438. The molecule has 0 radical (unpaired) electrons. The molecule has 3 rings (SSSR count). The Morgan fingerprint density at radius 3 is 2.26 bits per heavy atom. The summed E-state index contributed by atoms with van der Waals surface area (Å²) in [6.45, 7) is 8.35. The van der Waals surface area contributed by atoms with Crippen molar-refractivity contribution in [1.82, 2.24) is 10.2 Å². The highest BCUT2D eigenvalue weighted by Gasteiger charge is 2.31. The molecule has 3 aromatic rings. The number of rotatable bonds is 12. The Bertz CT molecular complexity index is 1220. The van der Waals surface area contributed by atoms with Crippen LogP contribution in [0.25, 0.3) is 0 Å². The summed E-state index contributed by atoms with van der Waals surface area (Å²) in [5, 5.41) is 3.09. The summed E-state index contributed by atoms with van der Waals surface area (Å²) in [4.78, 5) is 29.0. The molecule has 0 aliphatic carbocycles. The highest BCUT2D eigenvalue weighted by Crippen LogP contribution is 2.29. The number of carbonyl (C=O) groups is 2. The molecule has 5 nitrogen and oxygen atoms in total. The number of nitrogens with zero attached hydrogens (tertiary/aromatic N) is 1. The summed E-state index contributed by atoms with van der Waals surface area (Å²) < 4.78 is 7.69. The number of amides is 2. The summed E-state index contributed by atoms with van der Waals surface area (Å²) in [5.74, 6) is 0.540. The lowest BCUT2D eigenvalue weighted by atomic mass is 10.0. The summed E-state index contributed by atoms with van der Waals surface area (Å²) in [6.07, 6.45) is 1.20. The zero-order valence-corrected chi connectivity index (χ0v) is 25.6. The van der Waals surface area contributed by atoms with E-state index in [4.69, 9.17) is 4.74 Å². The van der Waals surface area contributed by atoms with E-state index < -0.39 is 6.04 Å². The average molecular weight is 644 g/mol. The van der Waals surface area contributed by atoms with Crippen LogP contribution in [0.15, 0.2) is 81.7 Å². The van der Waals surface area contributed by atoms with Gasteiger partial charge in [-0.3, -0.25) is 9.59 Å². The normalized spacial score (nSPS) is 12.6. The first-order valence-electron chi connectivity index (χ1n) is 13.0. The summed E-state index contributed by atoms with van der Waals surface area (Å²) in [5.41, 5.74) is 3.08. The van der Waals surface area contributed by atoms with Crippen molar-refractivity contribution in [3.8, 4) is 5.75 Å². The molecule has 0 saturated carbocycles. The molecule has 38 heavy (non-hydrogen) atoms. The molecule has 0 fully saturated rings. The second-order valence-corrected chi connectivity index (χ2v) is 11.6. The smallest absolute Gasteiger partial charge is 0.261 e. The first kappa shape index (κ1) is 29.9. The minimum Gasteiger partial charge on any atom is -0.483 e. The fourth-order valence-corrected chi connectivity index (χ4v) is 5.00. The standard InChI is InChI=1S/C31H36Br2N2O3/c1-5-22(4)34-31(37)28(17-23-10-7-6-8-11-23)35(19-24-12-9-13-26(32)16-24)30(36)20-38-29-15-14-25(21(2)3)18-27(29)33/h6-16,18,21-22,28H,5,17,19-20H2,1-4H3,(H,34,37). The van der Waals surface area contributed by atoms with E-state index in [9.17, 15) is 9.59 Å². The number of hydrogen-bond acceptors (Lipinski definition) is 3. The van der Waals surface area contributed by atoms with E-state index >= 15 is 0 Å². The number of carbonyl (C=O) groups excluding carboxylic acids is 2. The summed E-state index contributed by atoms with van der Waals surface area (Å²) >= 11 is 7.10. The van der Waals surface area contributed by atoms with Gasteiger partial charge in [0, 0.05) is 23.5 Å². The zero-order chi connectivity index (χ0) is 27.7. The van der Waals surface area contributed by atoms with E-state index in [-0.39, 0.29) is 31.0 Å². The molecule has 0 aliphatic rings. The van der Waals surface area contributed by atoms with Crippen molar-refractivity contribution in [2.24, 2.45) is 0 Å². The molecular weight excluding hydrogens is 608 g/mol. The van der Waals surface area contributed by atoms with Crippen LogP contribution in [0.5, 0.6) is 5.75 Å². The van der Waals surface area contributed by atoms with Gasteiger partial charge in [0.15, 0.2) is 6.61 Å². The monoisotopic (exact) mass is 642 g/mol. The fraction of sp³-hybridized carbons (Fsp3) is 0.355. The van der Waals surface area contributed by atoms with Crippen LogP contribution in [0.1, 0.15) is 56.7 Å². The predicted octanol–water partition coefficient (Wildman–Crippen LogP) is 7.27. The van der Waals surface area contributed by atoms with Gasteiger partial charge in [-0.15, -0.1) is 0 Å². The van der Waals surface area contributed by atoms with Gasteiger partial charge in [0.05, 0.1) is 4.47 Å². The van der Waals surface area contributed by atoms with E-state index in [1.807, 2.05) is 86.6 Å². The number of halogens is 2. The SMILES string of the molecule is CCC(C)NC(=O)C(Cc1ccccc1)N(Cc1cccc(Br)c1)C(=O)COc1ccc(C(C)C)cc1Br. The molecule has 2 amide bonds. The van der Waals surface area contributed by atoms with Crippen molar-refractivity contribution in [3.63, 3.8) is 0 Å². The molecule has 0 aliphatic heterocycles. The Morgan fingerprint density at radius 2 is 1.63 bits per heavy atom. The molecule has 1 N–H and O–H groups in total. The van der Waals surface area contributed by atoms with Crippen LogP contribution in [0.3, 0.4) is 0 Å². The molecule has 2 unspecified atom stereocenters. The van der Waals surface area contributed by atoms with Crippen LogP contribution in [-0.4, -0.2) is 35.4 Å². The van der Waals surface area contributed by atoms with E-state index in [0.717, 1.165) is 26.5 Å². The highest BCUT2D eigenvalue weighted by atomic mass is 79.9. The maximum atomic E-state index is 13.8. The molecule has 7 heteroatoms. The lowest BCUT2D eigenvalue weighted by Crippen LogP contribution is -2.53. The lowest BCUT2D eigenvalue weighted by Gasteiger charge is -2.32. The second-order valence-electron chi connectivity index (χ2n) is 9.81. The maximum Gasteiger partial charge on any atom is 0.261 e. The van der Waals surface area contributed by atoms with E-state index in [2.05, 4.69) is 51.0 Å². The van der Waals surface area contributed by atoms with Crippen LogP contribution in [-0.2, 0) is 22.6 Å². The third-order valence-corrected chi connectivity index (χ3v) is 7.60. The van der Waals surface area contributed by atoms with Crippen LogP contribution in [0, 0.1) is 0 Å². The Labute approximate surface area is 243 Å². The van der Waals surface area contributed by atoms with Gasteiger partial charge in [-0.1, -0.05) is 85.2 Å². The first-order chi connectivity index (χ1) is 18.2. The molecule has 0 aromatic heterocycles. The van der Waals surface area contributed by atoms with Gasteiger partial charge in [0.1, 0.15) is 11.8 Å². The van der Waals surface area contributed by atoms with Crippen molar-refractivity contribution < 1.29 is 14.3 Å². The quantitative estimate of drug-likeness (QED) is 0.226. The van der Waals surface area contributed by atoms with Crippen LogP contribution >= 0.6 is 31.9 Å². The zero-order valence-electron chi connectivity index (χ0n) is 22.4. The molecule has 0 bridgehead atoms. The molecule has 0 saturated heterocycles. The van der Waals surface area contributed by atoms with E-state index in [1.165, 1.54) is 5.56 Å². The number of benzene rings is 3. The van der Waals surface area contributed by atoms with E-state index in [1.54, 1.807) is 4.90 Å². The predicted molar refractivity (Wildman–Crippen MR) is 160 cm³/mol. The van der Waals surface area contributed by atoms with Crippen molar-refractivity contribution in [2.45, 2.75) is 65.1 Å². The summed E-state index contributed by atoms with van der Waals surface area (Å²) in [6, 6.07) is 22.8. The van der Waals surface area contributed by atoms with Gasteiger partial charge in [-0.2, -0.15) is 0 Å². The highest BCUT2D eigenvalue weighted by molar-refractivity contribution is 9.10. The van der Waals surface area contributed by atoms with Crippen molar-refractivity contribution >= 4 is 43.7 Å². The van der Waals surface area contributed by atoms with Crippen molar-refractivity contribution in [2.75, 3.05) is 6.61 Å². The number of hydrogen-bond donors (Lipinski definition) is 1. The van der Waals surface area contributed by atoms with Crippen LogP contribution in [0.4, 0.5) is 0 Å². The first-order valence-corrected chi connectivity index (χ1v) is 14.6. The van der Waals surface area contributed by atoms with Gasteiger partial charge in [0.2, 0.25) is 5.91 Å². The number of ether oxygens (including phenoxy) is 1. The molecule has 202 valence electrons. The largest absolute Gasteiger partial charge is 0.483 e. The van der Waals surface area contributed by atoms with Gasteiger partial charge in [-0.05, 0) is 76.1 Å². The topological polar surface area (TPSA) is 58.6 Å². The van der Waals surface area contributed by atoms with E-state index in [0.29, 0.717) is 18.1 Å². The third-order valence-electron chi connectivity index (χ3n) is 6.49. The molecule has 0 heterocycles. The Kier molecular flexibility index (Phi) is 11.4. The Morgan fingerprint density at radius 1 is 0.921 bits per heavy atom. The lowest BCUT2D eigenvalue weighted by molar-refractivity contribution is -0.143. The van der Waals surface area contributed by atoms with Gasteiger partial charge in [0.25, 0.3) is 5.91 Å². The second kappa shape index (κ2) is 14.5. The van der Waals surface area contributed by atoms with Gasteiger partial charge in [-0.25, -0.2) is 0 Å². The maximum absolute atomic E-state index is 13.8. The minimum atomic E-state index is -0.701. The number of nitrogens with one attached hydrogen (secondary N) is 1. The summed E-state index contributed by atoms with van der Waals surface area (Å²) in [7, 11) is 0. The molecular formula is C31H36Br2N2O3. The van der Waals surface area contributed by atoms with Gasteiger partial charge < -0.3 is 15.0 Å². The van der Waals surface area contributed by atoms with Crippen molar-refractivity contribution in [1.29, 1.82) is 0 Å². The Balaban J connectivity index is 1.91. The Hall–Kier alpha value is -2.64. The molecule has 2 atom stereocenters. The van der Waals surface area contributed by atoms with Crippen LogP contribution in [0.2, 0.25) is 0 Å². The molecule has 0 spiro atoms. The molecule has 3 aromatic carbocycles. The fourth-order valence-electron chi connectivity index (χ4n) is 4.04. The third kappa shape index (κ3) is 8.70. The average Bonchev–Trinajstić information content (AvgIpc) is 2.90. The van der Waals surface area contributed by atoms with Crippen molar-refractivity contribution in [3.05, 3.63) is 98.4 Å². The van der Waals surface area contributed by atoms with Gasteiger partial charge >= 0.3 is 0 Å². The van der Waals surface area contributed by atoms with Crippen LogP contribution < -0.4 is 10.1 Å².